The molecule has 0 unspecified atom stereocenters. The Kier molecular flexibility index (Phi) is 7.23. The van der Waals surface area contributed by atoms with Gasteiger partial charge in [0.2, 0.25) is 0 Å². The predicted octanol–water partition coefficient (Wildman–Crippen LogP) is 5.59. The van der Waals surface area contributed by atoms with Crippen LogP contribution in [0.3, 0.4) is 0 Å². The molecule has 0 amide bonds. The lowest BCUT2D eigenvalue weighted by Crippen LogP contribution is -2.43. The second-order valence-corrected chi connectivity index (χ2v) is 8.62. The summed E-state index contributed by atoms with van der Waals surface area (Å²) < 4.78 is 5.91. The van der Waals surface area contributed by atoms with E-state index in [0.29, 0.717) is 25.1 Å². The summed E-state index contributed by atoms with van der Waals surface area (Å²) in [6, 6.07) is 20.4. The number of likely N-dealkylation sites (tertiary alicyclic amines) is 1. The van der Waals surface area contributed by atoms with Crippen LogP contribution in [0.1, 0.15) is 36.0 Å². The highest BCUT2D eigenvalue weighted by molar-refractivity contribution is 5.73. The molecule has 176 valence electrons. The Balaban J connectivity index is 1.52. The molecule has 0 bridgehead atoms. The number of benzene rings is 3. The third-order valence-corrected chi connectivity index (χ3v) is 6.42. The maximum absolute atomic E-state index is 11.8. The van der Waals surface area contributed by atoms with E-state index in [-0.39, 0.29) is 18.0 Å². The van der Waals surface area contributed by atoms with E-state index < -0.39 is 16.9 Å². The van der Waals surface area contributed by atoms with Gasteiger partial charge in [0.25, 0.3) is 0 Å². The number of carbonyl (C=O) groups is 1. The van der Waals surface area contributed by atoms with Crippen LogP contribution in [0, 0.1) is 17.0 Å². The quantitative estimate of drug-likeness (QED) is 0.348. The summed E-state index contributed by atoms with van der Waals surface area (Å²) in [7, 11) is 0. The van der Waals surface area contributed by atoms with Crippen molar-refractivity contribution in [1.82, 2.24) is 4.90 Å². The molecule has 1 aliphatic heterocycles. The zero-order valence-electron chi connectivity index (χ0n) is 19.1. The summed E-state index contributed by atoms with van der Waals surface area (Å²) in [6.07, 6.45) is 2.40. The van der Waals surface area contributed by atoms with Crippen LogP contribution >= 0.6 is 0 Å². The van der Waals surface area contributed by atoms with Crippen LogP contribution in [0.2, 0.25) is 0 Å². The SMILES string of the molecule is Cc1c(COc2ccc(CN3CCCC[C@H]3C(=O)O)cc2[N+](=O)[O-])cccc1-c1ccccc1. The largest absolute Gasteiger partial charge is 0.482 e. The lowest BCUT2D eigenvalue weighted by molar-refractivity contribution is -0.386. The highest BCUT2D eigenvalue weighted by Crippen LogP contribution is 2.32. The number of ether oxygens (including phenoxy) is 1. The Hall–Kier alpha value is -3.71. The van der Waals surface area contributed by atoms with Crippen molar-refractivity contribution in [3.05, 3.63) is 93.5 Å². The second-order valence-electron chi connectivity index (χ2n) is 8.62. The van der Waals surface area contributed by atoms with Gasteiger partial charge in [-0.15, -0.1) is 0 Å². The number of carboxylic acids is 1. The average molecular weight is 461 g/mol. The van der Waals surface area contributed by atoms with Crippen molar-refractivity contribution in [2.45, 2.75) is 45.4 Å². The van der Waals surface area contributed by atoms with Crippen LogP contribution in [0.25, 0.3) is 11.1 Å². The van der Waals surface area contributed by atoms with Crippen molar-refractivity contribution >= 4 is 11.7 Å². The molecule has 7 nitrogen and oxygen atoms in total. The number of hydrogen-bond donors (Lipinski definition) is 1. The number of nitrogens with zero attached hydrogens (tertiary/aromatic N) is 2. The molecule has 0 spiro atoms. The standard InChI is InChI=1S/C27H28N2O5/c1-19-22(10-7-11-23(19)21-8-3-2-4-9-21)18-34-26-14-13-20(16-25(26)29(32)33)17-28-15-6-5-12-24(28)27(30)31/h2-4,7-11,13-14,16,24H,5-6,12,15,17-18H2,1H3,(H,30,31)/t24-/m0/s1. The van der Waals surface area contributed by atoms with Gasteiger partial charge in [0.1, 0.15) is 12.6 Å². The Morgan fingerprint density at radius 3 is 2.65 bits per heavy atom. The van der Waals surface area contributed by atoms with Crippen molar-refractivity contribution in [2.75, 3.05) is 6.54 Å². The normalized spacial score (nSPS) is 16.2. The Morgan fingerprint density at radius 1 is 1.12 bits per heavy atom. The molecule has 1 saturated heterocycles. The van der Waals surface area contributed by atoms with E-state index in [2.05, 4.69) is 6.07 Å². The van der Waals surface area contributed by atoms with Gasteiger partial charge < -0.3 is 9.84 Å². The van der Waals surface area contributed by atoms with Crippen LogP contribution < -0.4 is 4.74 Å². The van der Waals surface area contributed by atoms with Crippen molar-refractivity contribution in [1.29, 1.82) is 0 Å². The molecule has 1 fully saturated rings. The van der Waals surface area contributed by atoms with Crippen LogP contribution in [-0.4, -0.2) is 33.5 Å². The first-order valence-corrected chi connectivity index (χ1v) is 11.4. The molecule has 4 rings (SSSR count). The zero-order valence-corrected chi connectivity index (χ0v) is 19.1. The molecule has 3 aromatic rings. The van der Waals surface area contributed by atoms with Crippen molar-refractivity contribution in [3.8, 4) is 16.9 Å². The first-order chi connectivity index (χ1) is 16.4. The van der Waals surface area contributed by atoms with Gasteiger partial charge in [-0.25, -0.2) is 0 Å². The molecule has 0 saturated carbocycles. The van der Waals surface area contributed by atoms with E-state index in [4.69, 9.17) is 4.74 Å². The fraction of sp³-hybridized carbons (Fsp3) is 0.296. The molecule has 1 N–H and O–H groups in total. The van der Waals surface area contributed by atoms with Gasteiger partial charge in [-0.1, -0.05) is 61.0 Å². The maximum Gasteiger partial charge on any atom is 0.320 e. The smallest absolute Gasteiger partial charge is 0.320 e. The molecule has 0 radical (unpaired) electrons. The summed E-state index contributed by atoms with van der Waals surface area (Å²) in [5.74, 6) is -0.644. The van der Waals surface area contributed by atoms with E-state index in [1.165, 1.54) is 6.07 Å². The topological polar surface area (TPSA) is 92.9 Å². The van der Waals surface area contributed by atoms with Crippen molar-refractivity contribution in [2.24, 2.45) is 0 Å². The van der Waals surface area contributed by atoms with Crippen LogP contribution in [-0.2, 0) is 17.9 Å². The van der Waals surface area contributed by atoms with Gasteiger partial charge in [-0.3, -0.25) is 19.8 Å². The molecule has 0 aromatic heterocycles. The molecular weight excluding hydrogens is 432 g/mol. The molecule has 1 atom stereocenters. The van der Waals surface area contributed by atoms with Gasteiger partial charge in [-0.2, -0.15) is 0 Å². The van der Waals surface area contributed by atoms with E-state index in [0.717, 1.165) is 35.1 Å². The number of rotatable bonds is 8. The average Bonchev–Trinajstić information content (AvgIpc) is 2.84. The number of piperidine rings is 1. The van der Waals surface area contributed by atoms with Crippen LogP contribution in [0.4, 0.5) is 5.69 Å². The second kappa shape index (κ2) is 10.5. The number of carboxylic acid groups (broad SMARTS) is 1. The van der Waals surface area contributed by atoms with Crippen LogP contribution in [0.15, 0.2) is 66.7 Å². The van der Waals surface area contributed by atoms with E-state index in [1.54, 1.807) is 12.1 Å². The van der Waals surface area contributed by atoms with Crippen molar-refractivity contribution in [3.63, 3.8) is 0 Å². The molecule has 3 aromatic carbocycles. The van der Waals surface area contributed by atoms with Crippen molar-refractivity contribution < 1.29 is 19.6 Å². The molecule has 34 heavy (non-hydrogen) atoms. The monoisotopic (exact) mass is 460 g/mol. The summed E-state index contributed by atoms with van der Waals surface area (Å²) in [4.78, 5) is 24.8. The number of aliphatic carboxylic acids is 1. The Labute approximate surface area is 198 Å². The first-order valence-electron chi connectivity index (χ1n) is 11.4. The van der Waals surface area contributed by atoms with E-state index in [1.807, 2.05) is 54.3 Å². The van der Waals surface area contributed by atoms with Gasteiger partial charge in [0.15, 0.2) is 5.75 Å². The van der Waals surface area contributed by atoms with Crippen LogP contribution in [0.5, 0.6) is 5.75 Å². The molecule has 7 heteroatoms. The van der Waals surface area contributed by atoms with E-state index in [9.17, 15) is 20.0 Å². The summed E-state index contributed by atoms with van der Waals surface area (Å²) in [6.45, 7) is 3.26. The minimum absolute atomic E-state index is 0.113. The highest BCUT2D eigenvalue weighted by Gasteiger charge is 2.29. The fourth-order valence-corrected chi connectivity index (χ4v) is 4.55. The third kappa shape index (κ3) is 5.26. The molecule has 0 aliphatic carbocycles. The highest BCUT2D eigenvalue weighted by atomic mass is 16.6. The van der Waals surface area contributed by atoms with Gasteiger partial charge >= 0.3 is 11.7 Å². The third-order valence-electron chi connectivity index (χ3n) is 6.42. The predicted molar refractivity (Wildman–Crippen MR) is 130 cm³/mol. The lowest BCUT2D eigenvalue weighted by Gasteiger charge is -2.32. The lowest BCUT2D eigenvalue weighted by atomic mass is 9.97. The molecular formula is C27H28N2O5. The van der Waals surface area contributed by atoms with Gasteiger partial charge in [0.05, 0.1) is 4.92 Å². The van der Waals surface area contributed by atoms with Gasteiger partial charge in [0, 0.05) is 12.6 Å². The summed E-state index contributed by atoms with van der Waals surface area (Å²) >= 11 is 0. The molecule has 1 aliphatic rings. The number of hydrogen-bond acceptors (Lipinski definition) is 5. The summed E-state index contributed by atoms with van der Waals surface area (Å²) in [5.41, 5.74) is 4.82. The summed E-state index contributed by atoms with van der Waals surface area (Å²) in [5, 5.41) is 21.3. The Morgan fingerprint density at radius 2 is 1.91 bits per heavy atom. The van der Waals surface area contributed by atoms with Gasteiger partial charge in [-0.05, 0) is 60.2 Å². The Bertz CT molecular complexity index is 1180. The minimum atomic E-state index is -0.845. The van der Waals surface area contributed by atoms with E-state index >= 15 is 0 Å². The maximum atomic E-state index is 11.8. The molecule has 1 heterocycles. The fourth-order valence-electron chi connectivity index (χ4n) is 4.55. The number of nitro benzene ring substituents is 1. The first kappa shape index (κ1) is 23.4. The minimum Gasteiger partial charge on any atom is -0.482 e. The zero-order chi connectivity index (χ0) is 24.1. The number of nitro groups is 1.